The molecule has 0 saturated heterocycles. The Labute approximate surface area is 113 Å². The van der Waals surface area contributed by atoms with E-state index in [1.807, 2.05) is 38.1 Å². The number of carbonyl (C=O) groups is 1. The van der Waals surface area contributed by atoms with Crippen molar-refractivity contribution in [2.75, 3.05) is 11.9 Å². The smallest absolute Gasteiger partial charge is 0.319 e. The van der Waals surface area contributed by atoms with E-state index in [0.717, 1.165) is 23.2 Å². The Hall–Kier alpha value is -1.81. The molecular weight excluding hydrogens is 240 g/mol. The van der Waals surface area contributed by atoms with Crippen LogP contribution in [0.15, 0.2) is 30.4 Å². The average molecular weight is 260 g/mol. The van der Waals surface area contributed by atoms with Gasteiger partial charge in [0.25, 0.3) is 0 Å². The van der Waals surface area contributed by atoms with E-state index in [2.05, 4.69) is 16.7 Å². The molecule has 4 nitrogen and oxygen atoms in total. The molecule has 0 radical (unpaired) electrons. The maximum Gasteiger partial charge on any atom is 0.319 e. The fraction of sp³-hybridized carbons (Fsp3) is 0.400. The number of benzene rings is 1. The van der Waals surface area contributed by atoms with Crippen molar-refractivity contribution in [3.63, 3.8) is 0 Å². The number of nitrogens with one attached hydrogen (secondary N) is 2. The van der Waals surface area contributed by atoms with Gasteiger partial charge in [-0.3, -0.25) is 0 Å². The molecular formula is C15H20N2O2. The van der Waals surface area contributed by atoms with Crippen LogP contribution in [0.5, 0.6) is 0 Å². The van der Waals surface area contributed by atoms with Gasteiger partial charge in [-0.05, 0) is 43.5 Å². The number of carbonyl (C=O) groups excluding carboxylic acids is 1. The molecule has 19 heavy (non-hydrogen) atoms. The van der Waals surface area contributed by atoms with Crippen molar-refractivity contribution in [3.05, 3.63) is 41.5 Å². The molecule has 0 aliphatic heterocycles. The van der Waals surface area contributed by atoms with Gasteiger partial charge in [0.2, 0.25) is 0 Å². The monoisotopic (exact) mass is 260 g/mol. The van der Waals surface area contributed by atoms with Crippen LogP contribution < -0.4 is 10.6 Å². The van der Waals surface area contributed by atoms with Crippen molar-refractivity contribution < 1.29 is 9.90 Å². The fourth-order valence-corrected chi connectivity index (χ4v) is 2.40. The van der Waals surface area contributed by atoms with Crippen LogP contribution in [0.4, 0.5) is 10.5 Å². The quantitative estimate of drug-likeness (QED) is 0.731. The third-order valence-electron chi connectivity index (χ3n) is 3.20. The maximum absolute atomic E-state index is 11.9. The maximum atomic E-state index is 11.9. The molecule has 1 aliphatic rings. The zero-order valence-corrected chi connectivity index (χ0v) is 11.3. The summed E-state index contributed by atoms with van der Waals surface area (Å²) in [5.74, 6) is 0.159. The molecule has 2 amide bonds. The van der Waals surface area contributed by atoms with E-state index in [1.54, 1.807) is 0 Å². The molecule has 0 unspecified atom stereocenters. The van der Waals surface area contributed by atoms with E-state index in [-0.39, 0.29) is 24.6 Å². The van der Waals surface area contributed by atoms with Crippen LogP contribution in [0, 0.1) is 19.8 Å². The first kappa shape index (κ1) is 13.6. The average Bonchev–Trinajstić information content (AvgIpc) is 2.74. The summed E-state index contributed by atoms with van der Waals surface area (Å²) in [7, 11) is 0. The molecule has 2 rings (SSSR count). The van der Waals surface area contributed by atoms with Crippen molar-refractivity contribution >= 4 is 11.7 Å². The highest BCUT2D eigenvalue weighted by molar-refractivity contribution is 5.89. The number of aliphatic hydroxyl groups excluding tert-OH is 1. The van der Waals surface area contributed by atoms with E-state index in [9.17, 15) is 4.79 Å². The third-order valence-corrected chi connectivity index (χ3v) is 3.20. The van der Waals surface area contributed by atoms with Crippen LogP contribution in [0.1, 0.15) is 17.5 Å². The van der Waals surface area contributed by atoms with E-state index in [1.165, 1.54) is 0 Å². The first-order valence-corrected chi connectivity index (χ1v) is 6.52. The molecule has 0 spiro atoms. The summed E-state index contributed by atoms with van der Waals surface area (Å²) in [6.45, 7) is 4.14. The SMILES string of the molecule is Cc1cc(C)cc(NC(=O)N[C@@H]2C=C[C@H](CO)C2)c1. The number of aryl methyl sites for hydroxylation is 2. The predicted molar refractivity (Wildman–Crippen MR) is 76.2 cm³/mol. The Morgan fingerprint density at radius 3 is 2.53 bits per heavy atom. The Kier molecular flexibility index (Phi) is 4.22. The van der Waals surface area contributed by atoms with Crippen LogP contribution in [0.25, 0.3) is 0 Å². The molecule has 2 atom stereocenters. The number of hydrogen-bond acceptors (Lipinski definition) is 2. The minimum Gasteiger partial charge on any atom is -0.396 e. The summed E-state index contributed by atoms with van der Waals surface area (Å²) in [6, 6.07) is 5.73. The molecule has 1 aliphatic carbocycles. The summed E-state index contributed by atoms with van der Waals surface area (Å²) in [5, 5.41) is 14.8. The number of hydrogen-bond donors (Lipinski definition) is 3. The standard InChI is InChI=1S/C15H20N2O2/c1-10-5-11(2)7-14(6-10)17-15(19)16-13-4-3-12(8-13)9-18/h3-7,12-13,18H,8-9H2,1-2H3,(H2,16,17,19)/t12-,13+/m0/s1. The van der Waals surface area contributed by atoms with Crippen LogP contribution in [-0.2, 0) is 0 Å². The highest BCUT2D eigenvalue weighted by Gasteiger charge is 2.19. The van der Waals surface area contributed by atoms with Crippen molar-refractivity contribution in [1.82, 2.24) is 5.32 Å². The molecule has 1 aromatic rings. The second-order valence-electron chi connectivity index (χ2n) is 5.14. The molecule has 0 bridgehead atoms. The second-order valence-corrected chi connectivity index (χ2v) is 5.14. The Balaban J connectivity index is 1.89. The molecule has 4 heteroatoms. The first-order valence-electron chi connectivity index (χ1n) is 6.52. The summed E-state index contributed by atoms with van der Waals surface area (Å²) in [6.07, 6.45) is 4.64. The lowest BCUT2D eigenvalue weighted by molar-refractivity contribution is 0.238. The molecule has 1 aromatic carbocycles. The lowest BCUT2D eigenvalue weighted by atomic mass is 10.1. The fourth-order valence-electron chi connectivity index (χ4n) is 2.40. The van der Waals surface area contributed by atoms with Crippen LogP contribution >= 0.6 is 0 Å². The minimum atomic E-state index is -0.210. The van der Waals surface area contributed by atoms with Gasteiger partial charge in [-0.25, -0.2) is 4.79 Å². The summed E-state index contributed by atoms with van der Waals surface area (Å²) >= 11 is 0. The van der Waals surface area contributed by atoms with Gasteiger partial charge in [-0.2, -0.15) is 0 Å². The van der Waals surface area contributed by atoms with Crippen LogP contribution in [0.2, 0.25) is 0 Å². The Bertz CT molecular complexity index is 477. The van der Waals surface area contributed by atoms with Gasteiger partial charge in [0.15, 0.2) is 0 Å². The van der Waals surface area contributed by atoms with Crippen molar-refractivity contribution in [2.24, 2.45) is 5.92 Å². The zero-order valence-electron chi connectivity index (χ0n) is 11.3. The largest absolute Gasteiger partial charge is 0.396 e. The van der Waals surface area contributed by atoms with Gasteiger partial charge in [-0.15, -0.1) is 0 Å². The molecule has 3 N–H and O–H groups in total. The highest BCUT2D eigenvalue weighted by Crippen LogP contribution is 2.17. The Morgan fingerprint density at radius 1 is 1.26 bits per heavy atom. The van der Waals surface area contributed by atoms with Gasteiger partial charge in [0.1, 0.15) is 0 Å². The van der Waals surface area contributed by atoms with Crippen molar-refractivity contribution in [2.45, 2.75) is 26.3 Å². The summed E-state index contributed by atoms with van der Waals surface area (Å²) in [5.41, 5.74) is 3.04. The van der Waals surface area contributed by atoms with Gasteiger partial charge in [0, 0.05) is 24.3 Å². The molecule has 0 fully saturated rings. The number of urea groups is 1. The van der Waals surface area contributed by atoms with Crippen LogP contribution in [-0.4, -0.2) is 23.8 Å². The lowest BCUT2D eigenvalue weighted by Gasteiger charge is -2.14. The third kappa shape index (κ3) is 3.83. The van der Waals surface area contributed by atoms with Gasteiger partial charge in [0.05, 0.1) is 0 Å². The lowest BCUT2D eigenvalue weighted by Crippen LogP contribution is -2.36. The van der Waals surface area contributed by atoms with E-state index < -0.39 is 0 Å². The van der Waals surface area contributed by atoms with Crippen LogP contribution in [0.3, 0.4) is 0 Å². The van der Waals surface area contributed by atoms with Gasteiger partial charge >= 0.3 is 6.03 Å². The highest BCUT2D eigenvalue weighted by atomic mass is 16.3. The second kappa shape index (κ2) is 5.89. The number of anilines is 1. The minimum absolute atomic E-state index is 0.00283. The predicted octanol–water partition coefficient (Wildman–Crippen LogP) is 2.36. The van der Waals surface area contributed by atoms with Gasteiger partial charge in [-0.1, -0.05) is 18.2 Å². The normalized spacial score (nSPS) is 21.4. The van der Waals surface area contributed by atoms with E-state index >= 15 is 0 Å². The van der Waals surface area contributed by atoms with E-state index in [0.29, 0.717) is 0 Å². The summed E-state index contributed by atoms with van der Waals surface area (Å²) < 4.78 is 0. The van der Waals surface area contributed by atoms with Crippen molar-refractivity contribution in [3.8, 4) is 0 Å². The summed E-state index contributed by atoms with van der Waals surface area (Å²) in [4.78, 5) is 11.9. The molecule has 102 valence electrons. The molecule has 0 heterocycles. The van der Waals surface area contributed by atoms with E-state index in [4.69, 9.17) is 5.11 Å². The van der Waals surface area contributed by atoms with Gasteiger partial charge < -0.3 is 15.7 Å². The Morgan fingerprint density at radius 2 is 1.95 bits per heavy atom. The number of aliphatic hydroxyl groups is 1. The first-order chi connectivity index (χ1) is 9.06. The molecule has 0 aromatic heterocycles. The number of amides is 2. The topological polar surface area (TPSA) is 61.4 Å². The van der Waals surface area contributed by atoms with Crippen molar-refractivity contribution in [1.29, 1.82) is 0 Å². The molecule has 0 saturated carbocycles. The zero-order chi connectivity index (χ0) is 13.8. The number of rotatable bonds is 3.